The zero-order valence-corrected chi connectivity index (χ0v) is 18.2. The van der Waals surface area contributed by atoms with E-state index < -0.39 is 78.3 Å². The van der Waals surface area contributed by atoms with E-state index in [4.69, 9.17) is 16.6 Å². The first kappa shape index (κ1) is 28.0. The third kappa shape index (κ3) is 9.14. The van der Waals surface area contributed by atoms with Crippen LogP contribution >= 0.6 is 0 Å². The summed E-state index contributed by atoms with van der Waals surface area (Å²) in [5.74, 6) is -8.14. The van der Waals surface area contributed by atoms with Gasteiger partial charge in [-0.15, -0.1) is 0 Å². The lowest BCUT2D eigenvalue weighted by Crippen LogP contribution is -2.55. The molecule has 9 N–H and O–H groups in total. The fourth-order valence-electron chi connectivity index (χ4n) is 3.81. The van der Waals surface area contributed by atoms with Gasteiger partial charge in [0.05, 0.1) is 24.4 Å². The molecule has 1 fully saturated rings. The largest absolute Gasteiger partial charge is 0.481 e. The normalized spacial score (nSPS) is 20.3. The van der Waals surface area contributed by atoms with Crippen LogP contribution in [0.25, 0.3) is 0 Å². The molecule has 5 atom stereocenters. The van der Waals surface area contributed by atoms with Crippen molar-refractivity contribution in [2.24, 2.45) is 23.3 Å². The number of carboxylic acids is 3. The predicted molar refractivity (Wildman–Crippen MR) is 113 cm³/mol. The molecule has 1 saturated carbocycles. The molecule has 13 heteroatoms. The summed E-state index contributed by atoms with van der Waals surface area (Å²) in [5, 5.41) is 32.1. The number of carbonyl (C=O) groups excluding carboxylic acids is 3. The average molecular weight is 472 g/mol. The van der Waals surface area contributed by atoms with Crippen LogP contribution in [0.15, 0.2) is 0 Å². The van der Waals surface area contributed by atoms with Gasteiger partial charge in [-0.2, -0.15) is 0 Å². The van der Waals surface area contributed by atoms with E-state index >= 15 is 0 Å². The van der Waals surface area contributed by atoms with Crippen LogP contribution < -0.4 is 22.1 Å². The highest BCUT2D eigenvalue weighted by molar-refractivity contribution is 5.97. The molecule has 0 heterocycles. The number of carboxylic acid groups (broad SMARTS) is 3. The minimum atomic E-state index is -1.53. The zero-order valence-electron chi connectivity index (χ0n) is 18.2. The third-order valence-electron chi connectivity index (χ3n) is 5.57. The summed E-state index contributed by atoms with van der Waals surface area (Å²) in [5.41, 5.74) is 11.1. The molecule has 33 heavy (non-hydrogen) atoms. The van der Waals surface area contributed by atoms with Crippen LogP contribution in [0, 0.1) is 11.8 Å². The minimum absolute atomic E-state index is 0.230. The summed E-state index contributed by atoms with van der Waals surface area (Å²) in [6.45, 7) is 0.293. The van der Waals surface area contributed by atoms with Gasteiger partial charge in [0.1, 0.15) is 6.04 Å². The van der Waals surface area contributed by atoms with Crippen molar-refractivity contribution in [3.05, 3.63) is 0 Å². The van der Waals surface area contributed by atoms with Crippen LogP contribution in [0.4, 0.5) is 0 Å². The molecule has 13 nitrogen and oxygen atoms in total. The number of ketones is 1. The number of aliphatic carboxylic acids is 3. The predicted octanol–water partition coefficient (Wildman–Crippen LogP) is -1.57. The Balaban J connectivity index is 3.00. The van der Waals surface area contributed by atoms with Crippen LogP contribution in [0.5, 0.6) is 0 Å². The molecule has 1 aliphatic rings. The second-order valence-electron chi connectivity index (χ2n) is 8.07. The highest BCUT2D eigenvalue weighted by atomic mass is 16.4. The van der Waals surface area contributed by atoms with E-state index in [1.165, 1.54) is 0 Å². The summed E-state index contributed by atoms with van der Waals surface area (Å²) >= 11 is 0. The number of amides is 2. The van der Waals surface area contributed by atoms with Crippen molar-refractivity contribution < 1.29 is 44.1 Å². The summed E-state index contributed by atoms with van der Waals surface area (Å²) in [6, 6.07) is -3.92. The van der Waals surface area contributed by atoms with Crippen LogP contribution in [-0.2, 0) is 28.8 Å². The van der Waals surface area contributed by atoms with Crippen molar-refractivity contribution in [2.75, 3.05) is 6.54 Å². The van der Waals surface area contributed by atoms with Crippen LogP contribution in [0.1, 0.15) is 51.4 Å². The van der Waals surface area contributed by atoms with Gasteiger partial charge < -0.3 is 37.4 Å². The molecule has 1 rings (SSSR count). The molecule has 186 valence electrons. The lowest BCUT2D eigenvalue weighted by molar-refractivity contribution is -0.147. The number of nitrogens with one attached hydrogen (secondary N) is 2. The standard InChI is InChI=1S/C20H32N4O9/c21-8-2-5-12(22)18(30)23-13(6-7-15(25)26)19(31)24-14(9-16(27)28)17(29)10-3-1-4-11(10)20(32)33/h10-14H,1-9,21-22H2,(H,23,30)(H,24,31)(H,25,26)(H,27,28)(H,32,33). The second kappa shape index (κ2) is 13.5. The SMILES string of the molecule is NCCCC(N)C(=O)NC(CCC(=O)O)C(=O)NC(CC(=O)O)C(=O)C1CCCC1C(=O)O. The van der Waals surface area contributed by atoms with Crippen molar-refractivity contribution in [1.29, 1.82) is 0 Å². The molecule has 0 aromatic heterocycles. The van der Waals surface area contributed by atoms with Gasteiger partial charge in [0.2, 0.25) is 11.8 Å². The first-order chi connectivity index (χ1) is 15.5. The van der Waals surface area contributed by atoms with Gasteiger partial charge in [0, 0.05) is 12.3 Å². The van der Waals surface area contributed by atoms with Gasteiger partial charge >= 0.3 is 17.9 Å². The maximum Gasteiger partial charge on any atom is 0.307 e. The van der Waals surface area contributed by atoms with E-state index in [9.17, 15) is 39.0 Å². The summed E-state index contributed by atoms with van der Waals surface area (Å²) < 4.78 is 0. The van der Waals surface area contributed by atoms with Crippen molar-refractivity contribution in [3.8, 4) is 0 Å². The Hall–Kier alpha value is -3.06. The Labute approximate surface area is 190 Å². The van der Waals surface area contributed by atoms with Gasteiger partial charge in [0.25, 0.3) is 0 Å². The molecule has 0 spiro atoms. The average Bonchev–Trinajstić information content (AvgIpc) is 3.23. The molecular formula is C20H32N4O9. The second-order valence-corrected chi connectivity index (χ2v) is 8.07. The lowest BCUT2D eigenvalue weighted by atomic mass is 9.87. The fraction of sp³-hybridized carbons (Fsp3) is 0.700. The third-order valence-corrected chi connectivity index (χ3v) is 5.57. The van der Waals surface area contributed by atoms with Crippen LogP contribution in [-0.4, -0.2) is 75.5 Å². The lowest BCUT2D eigenvalue weighted by Gasteiger charge is -2.25. The Morgan fingerprint density at radius 1 is 0.848 bits per heavy atom. The highest BCUT2D eigenvalue weighted by Crippen LogP contribution is 2.33. The monoisotopic (exact) mass is 472 g/mol. The van der Waals surface area contributed by atoms with Gasteiger partial charge in [-0.1, -0.05) is 6.42 Å². The van der Waals surface area contributed by atoms with Crippen molar-refractivity contribution in [1.82, 2.24) is 10.6 Å². The van der Waals surface area contributed by atoms with E-state index in [1.54, 1.807) is 0 Å². The highest BCUT2D eigenvalue weighted by Gasteiger charge is 2.41. The number of rotatable bonds is 15. The molecule has 2 amide bonds. The van der Waals surface area contributed by atoms with Gasteiger partial charge in [0.15, 0.2) is 5.78 Å². The van der Waals surface area contributed by atoms with Crippen molar-refractivity contribution in [3.63, 3.8) is 0 Å². The Morgan fingerprint density at radius 3 is 2.00 bits per heavy atom. The number of carbonyl (C=O) groups is 6. The summed E-state index contributed by atoms with van der Waals surface area (Å²) in [6.07, 6.45) is 0.0514. The first-order valence-corrected chi connectivity index (χ1v) is 10.7. The fourth-order valence-corrected chi connectivity index (χ4v) is 3.81. The maximum absolute atomic E-state index is 12.9. The smallest absolute Gasteiger partial charge is 0.307 e. The number of hydrogen-bond acceptors (Lipinski definition) is 8. The molecule has 0 saturated heterocycles. The van der Waals surface area contributed by atoms with E-state index in [0.29, 0.717) is 19.4 Å². The Kier molecular flexibility index (Phi) is 11.4. The number of Topliss-reactive ketones (excluding diaryl/α,β-unsaturated/α-hetero) is 1. The topological polar surface area (TPSA) is 239 Å². The van der Waals surface area contributed by atoms with E-state index in [0.717, 1.165) is 0 Å². The minimum Gasteiger partial charge on any atom is -0.481 e. The number of nitrogens with two attached hydrogens (primary N) is 2. The molecule has 1 aliphatic carbocycles. The molecule has 0 radical (unpaired) electrons. The molecule has 0 bridgehead atoms. The molecule has 5 unspecified atom stereocenters. The van der Waals surface area contributed by atoms with E-state index in [2.05, 4.69) is 10.6 Å². The van der Waals surface area contributed by atoms with Gasteiger partial charge in [-0.3, -0.25) is 28.8 Å². The Morgan fingerprint density at radius 2 is 1.45 bits per heavy atom. The molecule has 0 aromatic rings. The summed E-state index contributed by atoms with van der Waals surface area (Å²) in [7, 11) is 0. The molecular weight excluding hydrogens is 440 g/mol. The van der Waals surface area contributed by atoms with Crippen molar-refractivity contribution in [2.45, 2.75) is 69.5 Å². The summed E-state index contributed by atoms with van der Waals surface area (Å²) in [4.78, 5) is 71.7. The van der Waals surface area contributed by atoms with E-state index in [-0.39, 0.29) is 25.7 Å². The van der Waals surface area contributed by atoms with E-state index in [1.807, 2.05) is 0 Å². The van der Waals surface area contributed by atoms with Gasteiger partial charge in [-0.05, 0) is 38.6 Å². The molecule has 0 aliphatic heterocycles. The first-order valence-electron chi connectivity index (χ1n) is 10.7. The maximum atomic E-state index is 12.9. The number of hydrogen-bond donors (Lipinski definition) is 7. The van der Waals surface area contributed by atoms with Crippen LogP contribution in [0.2, 0.25) is 0 Å². The Bertz CT molecular complexity index is 758. The van der Waals surface area contributed by atoms with Crippen molar-refractivity contribution >= 4 is 35.5 Å². The molecule has 0 aromatic carbocycles. The van der Waals surface area contributed by atoms with Crippen LogP contribution in [0.3, 0.4) is 0 Å². The quantitative estimate of drug-likeness (QED) is 0.144. The van der Waals surface area contributed by atoms with Gasteiger partial charge in [-0.25, -0.2) is 0 Å². The zero-order chi connectivity index (χ0) is 25.1.